The van der Waals surface area contributed by atoms with Gasteiger partial charge in [-0.1, -0.05) is 13.8 Å². The van der Waals surface area contributed by atoms with Crippen molar-refractivity contribution in [2.24, 2.45) is 16.6 Å². The zero-order chi connectivity index (χ0) is 10.6. The summed E-state index contributed by atoms with van der Waals surface area (Å²) in [4.78, 5) is 4.59. The maximum atomic E-state index is 5.86. The molecule has 0 unspecified atom stereocenters. The molecule has 0 radical (unpaired) electrons. The summed E-state index contributed by atoms with van der Waals surface area (Å²) in [7, 11) is 0. The van der Waals surface area contributed by atoms with E-state index < -0.39 is 0 Å². The van der Waals surface area contributed by atoms with Crippen LogP contribution < -0.4 is 5.73 Å². The molecule has 3 heteroatoms. The molecule has 14 heavy (non-hydrogen) atoms. The molecule has 0 aliphatic heterocycles. The van der Waals surface area contributed by atoms with Crippen molar-refractivity contribution in [2.45, 2.75) is 50.8 Å². The molecule has 0 saturated heterocycles. The highest BCUT2D eigenvalue weighted by Gasteiger charge is 2.20. The maximum absolute atomic E-state index is 5.86. The summed E-state index contributed by atoms with van der Waals surface area (Å²) in [6.07, 6.45) is 7.26. The van der Waals surface area contributed by atoms with Gasteiger partial charge in [-0.05, 0) is 31.9 Å². The Morgan fingerprint density at radius 2 is 1.86 bits per heavy atom. The number of thioether (sulfide) groups is 1. The third kappa shape index (κ3) is 3.52. The number of nitrogens with zero attached hydrogens (tertiary/aromatic N) is 1. The normalized spacial score (nSPS) is 29.6. The van der Waals surface area contributed by atoms with Crippen molar-refractivity contribution < 1.29 is 0 Å². The first-order valence-corrected chi connectivity index (χ1v) is 6.78. The van der Waals surface area contributed by atoms with Gasteiger partial charge in [0.05, 0.1) is 11.9 Å². The molecule has 0 heterocycles. The van der Waals surface area contributed by atoms with E-state index in [9.17, 15) is 0 Å². The second kappa shape index (κ2) is 5.64. The van der Waals surface area contributed by atoms with Gasteiger partial charge in [0.2, 0.25) is 0 Å². The van der Waals surface area contributed by atoms with E-state index in [1.54, 1.807) is 0 Å². The van der Waals surface area contributed by atoms with Crippen molar-refractivity contribution in [3.05, 3.63) is 0 Å². The van der Waals surface area contributed by atoms with Crippen LogP contribution in [0.2, 0.25) is 0 Å². The van der Waals surface area contributed by atoms with Gasteiger partial charge in [0.15, 0.2) is 0 Å². The van der Waals surface area contributed by atoms with Crippen molar-refractivity contribution >= 4 is 17.6 Å². The first kappa shape index (κ1) is 11.9. The Labute approximate surface area is 91.7 Å². The molecule has 1 saturated carbocycles. The summed E-state index contributed by atoms with van der Waals surface area (Å²) in [5.41, 5.74) is 5.86. The lowest BCUT2D eigenvalue weighted by molar-refractivity contribution is 0.451. The van der Waals surface area contributed by atoms with E-state index in [2.05, 4.69) is 25.1 Å². The molecular formula is C11H22N2S. The van der Waals surface area contributed by atoms with Gasteiger partial charge in [-0.15, -0.1) is 0 Å². The van der Waals surface area contributed by atoms with Crippen LogP contribution in [-0.2, 0) is 0 Å². The van der Waals surface area contributed by atoms with Gasteiger partial charge >= 0.3 is 0 Å². The van der Waals surface area contributed by atoms with Gasteiger partial charge in [0.25, 0.3) is 0 Å². The number of aliphatic imine (C=N–C) groups is 1. The summed E-state index contributed by atoms with van der Waals surface area (Å²) in [6.45, 7) is 4.21. The minimum Gasteiger partial charge on any atom is -0.387 e. The molecule has 1 aliphatic carbocycles. The summed E-state index contributed by atoms with van der Waals surface area (Å²) in [5, 5.41) is 0.863. The number of hydrogen-bond donors (Lipinski definition) is 1. The second-order valence-electron chi connectivity index (χ2n) is 4.37. The van der Waals surface area contributed by atoms with Crippen molar-refractivity contribution in [2.75, 3.05) is 6.26 Å². The molecule has 1 aliphatic rings. The minimum atomic E-state index is 0.397. The van der Waals surface area contributed by atoms with Crippen LogP contribution in [0.5, 0.6) is 0 Å². The predicted molar refractivity (Wildman–Crippen MR) is 66.0 cm³/mol. The number of hydrogen-bond acceptors (Lipinski definition) is 2. The van der Waals surface area contributed by atoms with Gasteiger partial charge in [0.1, 0.15) is 0 Å². The summed E-state index contributed by atoms with van der Waals surface area (Å²) in [5.74, 6) is 1.23. The average Bonchev–Trinajstić information content (AvgIpc) is 2.19. The fraction of sp³-hybridized carbons (Fsp3) is 0.909. The summed E-state index contributed by atoms with van der Waals surface area (Å²) >= 11 is 1.99. The highest BCUT2D eigenvalue weighted by atomic mass is 32.2. The standard InChI is InChI=1S/C11H22N2S/c1-8(2)11(12)13-9-4-6-10(14-3)7-5-9/h8-10H,4-7H2,1-3H3,(H2,12,13). The van der Waals surface area contributed by atoms with E-state index in [-0.39, 0.29) is 0 Å². The molecule has 1 rings (SSSR count). The Bertz CT molecular complexity index is 193. The number of amidine groups is 1. The van der Waals surface area contributed by atoms with Gasteiger partial charge < -0.3 is 5.73 Å². The van der Waals surface area contributed by atoms with Crippen LogP contribution in [-0.4, -0.2) is 23.4 Å². The Kier molecular flexibility index (Phi) is 4.79. The molecular weight excluding hydrogens is 192 g/mol. The molecule has 0 aromatic rings. The van der Waals surface area contributed by atoms with Crippen LogP contribution in [0.3, 0.4) is 0 Å². The van der Waals surface area contributed by atoms with Crippen molar-refractivity contribution in [3.8, 4) is 0 Å². The van der Waals surface area contributed by atoms with Gasteiger partial charge in [-0.3, -0.25) is 4.99 Å². The SMILES string of the molecule is CSC1CCC(N=C(N)C(C)C)CC1. The average molecular weight is 214 g/mol. The zero-order valence-corrected chi connectivity index (χ0v) is 10.3. The molecule has 0 spiro atoms. The third-order valence-electron chi connectivity index (χ3n) is 2.90. The van der Waals surface area contributed by atoms with Crippen LogP contribution >= 0.6 is 11.8 Å². The lowest BCUT2D eigenvalue weighted by Crippen LogP contribution is -2.25. The van der Waals surface area contributed by atoms with Crippen molar-refractivity contribution in [1.82, 2.24) is 0 Å². The Balaban J connectivity index is 2.38. The molecule has 0 aromatic carbocycles. The topological polar surface area (TPSA) is 38.4 Å². The molecule has 0 amide bonds. The molecule has 0 aromatic heterocycles. The predicted octanol–water partition coefficient (Wildman–Crippen LogP) is 2.67. The lowest BCUT2D eigenvalue weighted by atomic mass is 9.95. The minimum absolute atomic E-state index is 0.397. The van der Waals surface area contributed by atoms with Crippen LogP contribution in [0.25, 0.3) is 0 Å². The summed E-state index contributed by atoms with van der Waals surface area (Å²) < 4.78 is 0. The van der Waals surface area contributed by atoms with Crippen molar-refractivity contribution in [1.29, 1.82) is 0 Å². The van der Waals surface area contributed by atoms with Crippen LogP contribution in [0.15, 0.2) is 4.99 Å². The van der Waals surface area contributed by atoms with Crippen molar-refractivity contribution in [3.63, 3.8) is 0 Å². The third-order valence-corrected chi connectivity index (χ3v) is 4.04. The Morgan fingerprint density at radius 3 is 2.29 bits per heavy atom. The second-order valence-corrected chi connectivity index (χ2v) is 5.51. The van der Waals surface area contributed by atoms with E-state index in [0.29, 0.717) is 12.0 Å². The van der Waals surface area contributed by atoms with Gasteiger partial charge in [-0.2, -0.15) is 11.8 Å². The zero-order valence-electron chi connectivity index (χ0n) is 9.49. The molecule has 1 fully saturated rings. The van der Waals surface area contributed by atoms with Crippen LogP contribution in [0, 0.1) is 5.92 Å². The van der Waals surface area contributed by atoms with E-state index in [0.717, 1.165) is 11.1 Å². The monoisotopic (exact) mass is 214 g/mol. The lowest BCUT2D eigenvalue weighted by Gasteiger charge is -2.25. The fourth-order valence-corrected chi connectivity index (χ4v) is 2.51. The highest BCUT2D eigenvalue weighted by molar-refractivity contribution is 7.99. The van der Waals surface area contributed by atoms with E-state index in [4.69, 9.17) is 5.73 Å². The van der Waals surface area contributed by atoms with Crippen LogP contribution in [0.1, 0.15) is 39.5 Å². The molecule has 0 atom stereocenters. The first-order valence-electron chi connectivity index (χ1n) is 5.49. The molecule has 2 nitrogen and oxygen atoms in total. The quantitative estimate of drug-likeness (QED) is 0.579. The van der Waals surface area contributed by atoms with E-state index >= 15 is 0 Å². The fourth-order valence-electron chi connectivity index (χ4n) is 1.77. The first-order chi connectivity index (χ1) is 6.63. The van der Waals surface area contributed by atoms with Crippen LogP contribution in [0.4, 0.5) is 0 Å². The largest absolute Gasteiger partial charge is 0.387 e. The number of nitrogens with two attached hydrogens (primary N) is 1. The van der Waals surface area contributed by atoms with E-state index in [1.165, 1.54) is 25.7 Å². The number of rotatable bonds is 3. The molecule has 82 valence electrons. The Morgan fingerprint density at radius 1 is 1.29 bits per heavy atom. The highest BCUT2D eigenvalue weighted by Crippen LogP contribution is 2.28. The maximum Gasteiger partial charge on any atom is 0.0966 e. The van der Waals surface area contributed by atoms with E-state index in [1.807, 2.05) is 11.8 Å². The van der Waals surface area contributed by atoms with Gasteiger partial charge in [0, 0.05) is 11.2 Å². The molecule has 0 bridgehead atoms. The molecule has 2 N–H and O–H groups in total. The Hall–Kier alpha value is -0.180. The smallest absolute Gasteiger partial charge is 0.0966 e. The van der Waals surface area contributed by atoms with Gasteiger partial charge in [-0.25, -0.2) is 0 Å². The summed E-state index contributed by atoms with van der Waals surface area (Å²) in [6, 6.07) is 0.501.